The molecule has 0 atom stereocenters. The van der Waals surface area contributed by atoms with Gasteiger partial charge < -0.3 is 5.32 Å². The van der Waals surface area contributed by atoms with Gasteiger partial charge in [0, 0.05) is 52.9 Å². The molecule has 0 aromatic heterocycles. The Balaban J connectivity index is 1.67. The van der Waals surface area contributed by atoms with Gasteiger partial charge in [-0.25, -0.2) is 4.72 Å². The zero-order chi connectivity index (χ0) is 13.0. The molecule has 2 fully saturated rings. The number of rotatable bonds is 7. The Morgan fingerprint density at radius 3 is 2.61 bits per heavy atom. The summed E-state index contributed by atoms with van der Waals surface area (Å²) in [6, 6.07) is 0. The summed E-state index contributed by atoms with van der Waals surface area (Å²) in [5.74, 6) is 0.583. The molecule has 0 spiro atoms. The first-order valence-corrected chi connectivity index (χ1v) is 8.16. The highest BCUT2D eigenvalue weighted by molar-refractivity contribution is 7.87. The minimum atomic E-state index is -3.28. The molecule has 18 heavy (non-hydrogen) atoms. The third-order valence-corrected chi connectivity index (χ3v) is 5.08. The van der Waals surface area contributed by atoms with Crippen LogP contribution in [0.15, 0.2) is 0 Å². The highest BCUT2D eigenvalue weighted by atomic mass is 32.2. The van der Waals surface area contributed by atoms with Crippen LogP contribution in [-0.2, 0) is 10.2 Å². The molecular weight excluding hydrogens is 252 g/mol. The molecule has 2 rings (SSSR count). The average Bonchev–Trinajstić information content (AvgIpc) is 3.14. The van der Waals surface area contributed by atoms with E-state index in [-0.39, 0.29) is 0 Å². The van der Waals surface area contributed by atoms with Crippen molar-refractivity contribution in [1.29, 1.82) is 0 Å². The summed E-state index contributed by atoms with van der Waals surface area (Å²) in [6.07, 6.45) is 2.33. The Hall–Kier alpha value is -0.210. The lowest BCUT2D eigenvalue weighted by atomic mass is 10.3. The minimum absolute atomic E-state index is 0.497. The second kappa shape index (κ2) is 6.29. The van der Waals surface area contributed by atoms with E-state index in [1.165, 1.54) is 17.1 Å². The second-order valence-corrected chi connectivity index (χ2v) is 7.08. The van der Waals surface area contributed by atoms with Crippen LogP contribution in [0.2, 0.25) is 0 Å². The van der Waals surface area contributed by atoms with Crippen molar-refractivity contribution in [1.82, 2.24) is 19.2 Å². The van der Waals surface area contributed by atoms with Crippen LogP contribution in [-0.4, -0.2) is 70.5 Å². The number of hydrogen-bond acceptors (Lipinski definition) is 4. The maximum atomic E-state index is 11.9. The summed E-state index contributed by atoms with van der Waals surface area (Å²) >= 11 is 0. The molecule has 1 saturated heterocycles. The fraction of sp³-hybridized carbons (Fsp3) is 1.00. The van der Waals surface area contributed by atoms with Gasteiger partial charge in [0.2, 0.25) is 0 Å². The van der Waals surface area contributed by atoms with Crippen molar-refractivity contribution < 1.29 is 8.42 Å². The van der Waals surface area contributed by atoms with Gasteiger partial charge in [0.05, 0.1) is 0 Å². The molecule has 0 amide bonds. The fourth-order valence-corrected chi connectivity index (χ4v) is 3.12. The monoisotopic (exact) mass is 276 g/mol. The van der Waals surface area contributed by atoms with Gasteiger partial charge in [-0.05, 0) is 18.8 Å². The molecule has 0 aromatic rings. The number of nitrogens with one attached hydrogen (secondary N) is 2. The molecule has 0 bridgehead atoms. The van der Waals surface area contributed by atoms with Crippen LogP contribution in [0.3, 0.4) is 0 Å². The third kappa shape index (κ3) is 4.47. The largest absolute Gasteiger partial charge is 0.314 e. The van der Waals surface area contributed by atoms with Gasteiger partial charge in [0.1, 0.15) is 0 Å². The van der Waals surface area contributed by atoms with Crippen LogP contribution in [0.5, 0.6) is 0 Å². The second-order valence-electron chi connectivity index (χ2n) is 5.21. The van der Waals surface area contributed by atoms with Crippen LogP contribution < -0.4 is 10.0 Å². The minimum Gasteiger partial charge on any atom is -0.314 e. The van der Waals surface area contributed by atoms with Gasteiger partial charge in [0.15, 0.2) is 0 Å². The van der Waals surface area contributed by atoms with Crippen molar-refractivity contribution in [2.24, 2.45) is 5.92 Å². The van der Waals surface area contributed by atoms with E-state index in [0.29, 0.717) is 19.0 Å². The lowest BCUT2D eigenvalue weighted by Crippen LogP contribution is -2.47. The van der Waals surface area contributed by atoms with Crippen molar-refractivity contribution in [3.63, 3.8) is 0 Å². The Kier molecular flexibility index (Phi) is 4.97. The molecule has 1 aliphatic carbocycles. The van der Waals surface area contributed by atoms with Crippen LogP contribution in [0.4, 0.5) is 0 Å². The first-order valence-electron chi connectivity index (χ1n) is 6.72. The van der Waals surface area contributed by atoms with Crippen LogP contribution >= 0.6 is 0 Å². The predicted octanol–water partition coefficient (Wildman–Crippen LogP) is -0.932. The Bertz CT molecular complexity index is 350. The van der Waals surface area contributed by atoms with Crippen molar-refractivity contribution in [2.75, 3.05) is 52.9 Å². The molecule has 0 radical (unpaired) electrons. The van der Waals surface area contributed by atoms with E-state index >= 15 is 0 Å². The van der Waals surface area contributed by atoms with Gasteiger partial charge >= 0.3 is 0 Å². The average molecular weight is 276 g/mol. The molecule has 1 saturated carbocycles. The Labute approximate surface area is 110 Å². The van der Waals surface area contributed by atoms with Gasteiger partial charge in [0.25, 0.3) is 10.2 Å². The lowest BCUT2D eigenvalue weighted by Gasteiger charge is -2.27. The standard InChI is InChI=1S/C11H24N4O2S/c1-14(10-11-2-3-11)18(16,17)13-6-9-15-7-4-12-5-8-15/h11-13H,2-10H2,1H3. The molecule has 2 aliphatic rings. The third-order valence-electron chi connectivity index (χ3n) is 3.54. The lowest BCUT2D eigenvalue weighted by molar-refractivity contribution is 0.244. The van der Waals surface area contributed by atoms with Crippen molar-refractivity contribution in [3.05, 3.63) is 0 Å². The van der Waals surface area contributed by atoms with E-state index in [1.807, 2.05) is 0 Å². The van der Waals surface area contributed by atoms with Gasteiger partial charge in [-0.3, -0.25) is 4.90 Å². The van der Waals surface area contributed by atoms with Crippen molar-refractivity contribution in [3.8, 4) is 0 Å². The van der Waals surface area contributed by atoms with Crippen molar-refractivity contribution in [2.45, 2.75) is 12.8 Å². The van der Waals surface area contributed by atoms with Crippen molar-refractivity contribution >= 4 is 10.2 Å². The molecule has 7 heteroatoms. The SMILES string of the molecule is CN(CC1CC1)S(=O)(=O)NCCN1CCNCC1. The normalized spacial score (nSPS) is 22.6. The summed E-state index contributed by atoms with van der Waals surface area (Å²) in [5, 5.41) is 3.28. The predicted molar refractivity (Wildman–Crippen MR) is 71.6 cm³/mol. The zero-order valence-electron chi connectivity index (χ0n) is 11.1. The highest BCUT2D eigenvalue weighted by Gasteiger charge is 2.27. The maximum absolute atomic E-state index is 11.9. The van der Waals surface area contributed by atoms with Gasteiger partial charge in [-0.2, -0.15) is 12.7 Å². The van der Waals surface area contributed by atoms with Crippen LogP contribution in [0.25, 0.3) is 0 Å². The van der Waals surface area contributed by atoms with E-state index < -0.39 is 10.2 Å². The van der Waals surface area contributed by atoms with E-state index in [2.05, 4.69) is 14.9 Å². The summed E-state index contributed by atoms with van der Waals surface area (Å²) in [4.78, 5) is 2.28. The first kappa shape index (κ1) is 14.2. The fourth-order valence-electron chi connectivity index (χ4n) is 2.14. The Morgan fingerprint density at radius 1 is 1.33 bits per heavy atom. The molecule has 2 N–H and O–H groups in total. The van der Waals surface area contributed by atoms with Crippen LogP contribution in [0.1, 0.15) is 12.8 Å². The highest BCUT2D eigenvalue weighted by Crippen LogP contribution is 2.29. The molecule has 1 heterocycles. The van der Waals surface area contributed by atoms with E-state index in [1.54, 1.807) is 7.05 Å². The number of piperazine rings is 1. The molecule has 0 unspecified atom stereocenters. The van der Waals surface area contributed by atoms with E-state index in [4.69, 9.17) is 0 Å². The van der Waals surface area contributed by atoms with Gasteiger partial charge in [-0.1, -0.05) is 0 Å². The molecular formula is C11H24N4O2S. The summed E-state index contributed by atoms with van der Waals surface area (Å²) in [6.45, 7) is 5.93. The molecule has 6 nitrogen and oxygen atoms in total. The number of hydrogen-bond donors (Lipinski definition) is 2. The summed E-state index contributed by atoms with van der Waals surface area (Å²) in [5.41, 5.74) is 0. The first-order chi connectivity index (χ1) is 8.58. The van der Waals surface area contributed by atoms with Gasteiger partial charge in [-0.15, -0.1) is 0 Å². The molecule has 0 aromatic carbocycles. The zero-order valence-corrected chi connectivity index (χ0v) is 11.9. The smallest absolute Gasteiger partial charge is 0.279 e. The van der Waals surface area contributed by atoms with Crippen LogP contribution in [0, 0.1) is 5.92 Å². The topological polar surface area (TPSA) is 64.7 Å². The van der Waals surface area contributed by atoms with E-state index in [0.717, 1.165) is 32.7 Å². The molecule has 1 aliphatic heterocycles. The number of nitrogens with zero attached hydrogens (tertiary/aromatic N) is 2. The Morgan fingerprint density at radius 2 is 2.00 bits per heavy atom. The molecule has 106 valence electrons. The quantitative estimate of drug-likeness (QED) is 0.630. The maximum Gasteiger partial charge on any atom is 0.279 e. The van der Waals surface area contributed by atoms with E-state index in [9.17, 15) is 8.42 Å². The summed E-state index contributed by atoms with van der Waals surface area (Å²) < 4.78 is 28.0. The summed E-state index contributed by atoms with van der Waals surface area (Å²) in [7, 11) is -1.62.